The molecule has 2 aromatic carbocycles. The second-order valence-corrected chi connectivity index (χ2v) is 7.79. The number of aryl methyl sites for hydroxylation is 2. The lowest BCUT2D eigenvalue weighted by molar-refractivity contribution is -0.129. The van der Waals surface area contributed by atoms with Crippen LogP contribution in [0.25, 0.3) is 0 Å². The van der Waals surface area contributed by atoms with Gasteiger partial charge in [0.1, 0.15) is 11.5 Å². The van der Waals surface area contributed by atoms with Crippen molar-refractivity contribution in [2.45, 2.75) is 39.9 Å². The van der Waals surface area contributed by atoms with Gasteiger partial charge in [0.25, 0.3) is 11.8 Å². The molecule has 2 N–H and O–H groups in total. The van der Waals surface area contributed by atoms with Crippen LogP contribution in [0.15, 0.2) is 36.4 Å². The number of nitrogens with one attached hydrogen (secondary N) is 2. The zero-order chi connectivity index (χ0) is 22.3. The van der Waals surface area contributed by atoms with Crippen LogP contribution in [0.3, 0.4) is 0 Å². The van der Waals surface area contributed by atoms with E-state index >= 15 is 0 Å². The molecule has 2 amide bonds. The number of carbonyl (C=O) groups is 2. The van der Waals surface area contributed by atoms with Crippen molar-refractivity contribution in [3.63, 3.8) is 0 Å². The maximum absolute atomic E-state index is 12.2. The lowest BCUT2D eigenvalue weighted by Crippen LogP contribution is -2.43. The van der Waals surface area contributed by atoms with E-state index in [2.05, 4.69) is 10.6 Å². The van der Waals surface area contributed by atoms with Crippen LogP contribution in [0.4, 0.5) is 0 Å². The van der Waals surface area contributed by atoms with E-state index in [-0.39, 0.29) is 24.9 Å². The van der Waals surface area contributed by atoms with Crippen LogP contribution in [0.5, 0.6) is 11.5 Å². The Morgan fingerprint density at radius 2 is 1.17 bits per heavy atom. The van der Waals surface area contributed by atoms with Crippen LogP contribution < -0.4 is 20.1 Å². The molecule has 0 heterocycles. The quantitative estimate of drug-likeness (QED) is 0.561. The summed E-state index contributed by atoms with van der Waals surface area (Å²) in [4.78, 5) is 24.4. The molecule has 162 valence electrons. The van der Waals surface area contributed by atoms with Gasteiger partial charge in [-0.05, 0) is 75.2 Å². The normalized spacial score (nSPS) is 12.6. The predicted molar refractivity (Wildman–Crippen MR) is 119 cm³/mol. The molecule has 0 aromatic heterocycles. The van der Waals surface area contributed by atoms with Crippen LogP contribution in [-0.4, -0.2) is 37.1 Å². The van der Waals surface area contributed by atoms with E-state index in [9.17, 15) is 9.59 Å². The van der Waals surface area contributed by atoms with E-state index < -0.39 is 12.2 Å². The second-order valence-electron chi connectivity index (χ2n) is 6.92. The highest BCUT2D eigenvalue weighted by Gasteiger charge is 2.17. The van der Waals surface area contributed by atoms with Gasteiger partial charge in [-0.2, -0.15) is 0 Å². The first kappa shape index (κ1) is 23.8. The Morgan fingerprint density at radius 1 is 0.800 bits per heavy atom. The molecule has 2 unspecified atom stereocenters. The van der Waals surface area contributed by atoms with Crippen molar-refractivity contribution in [1.82, 2.24) is 10.6 Å². The molecular weight excluding hydrogens is 427 g/mol. The number of halogens is 2. The van der Waals surface area contributed by atoms with Gasteiger partial charge in [-0.15, -0.1) is 0 Å². The van der Waals surface area contributed by atoms with Gasteiger partial charge in [0.05, 0.1) is 0 Å². The van der Waals surface area contributed by atoms with E-state index in [1.807, 2.05) is 13.8 Å². The molecule has 0 aliphatic carbocycles. The fourth-order valence-electron chi connectivity index (χ4n) is 2.64. The summed E-state index contributed by atoms with van der Waals surface area (Å²) < 4.78 is 11.4. The van der Waals surface area contributed by atoms with Crippen molar-refractivity contribution in [3.8, 4) is 11.5 Å². The Bertz CT molecular complexity index is 831. The standard InChI is InChI=1S/C22H26Cl2N2O4/c1-13-11-17(23)5-7-19(13)29-15(3)21(27)25-9-10-26-22(28)16(4)30-20-8-6-18(24)12-14(20)2/h5-8,11-12,15-16H,9-10H2,1-4H3,(H,25,27)(H,26,28). The third kappa shape index (κ3) is 7.11. The highest BCUT2D eigenvalue weighted by atomic mass is 35.5. The predicted octanol–water partition coefficient (Wildman–Crippen LogP) is 4.08. The number of hydrogen-bond donors (Lipinski definition) is 2. The molecule has 0 aliphatic rings. The summed E-state index contributed by atoms with van der Waals surface area (Å²) in [5.74, 6) is 0.636. The number of ether oxygens (including phenoxy) is 2. The van der Waals surface area contributed by atoms with Gasteiger partial charge >= 0.3 is 0 Å². The fraction of sp³-hybridized carbons (Fsp3) is 0.364. The van der Waals surface area contributed by atoms with Crippen molar-refractivity contribution in [1.29, 1.82) is 0 Å². The van der Waals surface area contributed by atoms with Crippen molar-refractivity contribution in [2.75, 3.05) is 13.1 Å². The number of amides is 2. The number of hydrogen-bond acceptors (Lipinski definition) is 4. The minimum atomic E-state index is -0.685. The first-order valence-electron chi connectivity index (χ1n) is 9.58. The molecule has 0 aliphatic heterocycles. The largest absolute Gasteiger partial charge is 0.481 e. The minimum absolute atomic E-state index is 0.268. The molecule has 0 fully saturated rings. The van der Waals surface area contributed by atoms with Crippen molar-refractivity contribution in [3.05, 3.63) is 57.6 Å². The van der Waals surface area contributed by atoms with E-state index in [1.165, 1.54) is 0 Å². The monoisotopic (exact) mass is 452 g/mol. The van der Waals surface area contributed by atoms with Gasteiger partial charge in [-0.25, -0.2) is 0 Å². The molecule has 6 nitrogen and oxygen atoms in total. The number of benzene rings is 2. The van der Waals surface area contributed by atoms with Crippen LogP contribution >= 0.6 is 23.2 Å². The molecule has 2 aromatic rings. The molecule has 0 saturated carbocycles. The van der Waals surface area contributed by atoms with Crippen LogP contribution in [0.2, 0.25) is 10.0 Å². The zero-order valence-electron chi connectivity index (χ0n) is 17.4. The first-order valence-corrected chi connectivity index (χ1v) is 10.3. The summed E-state index contributed by atoms with van der Waals surface area (Å²) >= 11 is 11.8. The van der Waals surface area contributed by atoms with Crippen LogP contribution in [0.1, 0.15) is 25.0 Å². The smallest absolute Gasteiger partial charge is 0.260 e. The zero-order valence-corrected chi connectivity index (χ0v) is 18.9. The fourth-order valence-corrected chi connectivity index (χ4v) is 3.09. The third-order valence-corrected chi connectivity index (χ3v) is 4.81. The summed E-state index contributed by atoms with van der Waals surface area (Å²) in [5.41, 5.74) is 1.69. The summed E-state index contributed by atoms with van der Waals surface area (Å²) in [6.45, 7) is 7.57. The van der Waals surface area contributed by atoms with E-state index in [1.54, 1.807) is 50.2 Å². The molecule has 0 saturated heterocycles. The molecule has 0 radical (unpaired) electrons. The molecule has 30 heavy (non-hydrogen) atoms. The Balaban J connectivity index is 1.72. The van der Waals surface area contributed by atoms with Gasteiger partial charge in [0, 0.05) is 23.1 Å². The van der Waals surface area contributed by atoms with Crippen molar-refractivity contribution >= 4 is 35.0 Å². The van der Waals surface area contributed by atoms with Gasteiger partial charge in [-0.1, -0.05) is 23.2 Å². The van der Waals surface area contributed by atoms with Crippen molar-refractivity contribution in [2.24, 2.45) is 0 Å². The van der Waals surface area contributed by atoms with E-state index in [0.29, 0.717) is 21.5 Å². The van der Waals surface area contributed by atoms with E-state index in [0.717, 1.165) is 11.1 Å². The SMILES string of the molecule is Cc1cc(Cl)ccc1OC(C)C(=O)NCCNC(=O)C(C)Oc1ccc(Cl)cc1C. The average molecular weight is 453 g/mol. The maximum Gasteiger partial charge on any atom is 0.260 e. The average Bonchev–Trinajstić information content (AvgIpc) is 2.68. The Morgan fingerprint density at radius 3 is 1.50 bits per heavy atom. The Kier molecular flexibility index (Phi) is 8.81. The maximum atomic E-state index is 12.2. The van der Waals surface area contributed by atoms with Gasteiger partial charge in [-0.3, -0.25) is 9.59 Å². The lowest BCUT2D eigenvalue weighted by Gasteiger charge is -2.18. The molecular formula is C22H26Cl2N2O4. The molecule has 0 bridgehead atoms. The van der Waals surface area contributed by atoms with Crippen LogP contribution in [-0.2, 0) is 9.59 Å². The topological polar surface area (TPSA) is 76.7 Å². The highest BCUT2D eigenvalue weighted by Crippen LogP contribution is 2.23. The van der Waals surface area contributed by atoms with Gasteiger partial charge in [0.2, 0.25) is 0 Å². The molecule has 2 atom stereocenters. The molecule has 2 rings (SSSR count). The highest BCUT2D eigenvalue weighted by molar-refractivity contribution is 6.31. The molecule has 0 spiro atoms. The summed E-state index contributed by atoms with van der Waals surface area (Å²) in [6, 6.07) is 10.4. The summed E-state index contributed by atoms with van der Waals surface area (Å²) in [6.07, 6.45) is -1.37. The number of rotatable bonds is 9. The summed E-state index contributed by atoms with van der Waals surface area (Å²) in [5, 5.41) is 6.68. The molecule has 8 heteroatoms. The second kappa shape index (κ2) is 11.1. The minimum Gasteiger partial charge on any atom is -0.481 e. The Labute approximate surface area is 186 Å². The summed E-state index contributed by atoms with van der Waals surface area (Å²) in [7, 11) is 0. The lowest BCUT2D eigenvalue weighted by atomic mass is 10.2. The van der Waals surface area contributed by atoms with Crippen LogP contribution in [0, 0.1) is 13.8 Å². The number of carbonyl (C=O) groups excluding carboxylic acids is 2. The van der Waals surface area contributed by atoms with Crippen molar-refractivity contribution < 1.29 is 19.1 Å². The van der Waals surface area contributed by atoms with Gasteiger partial charge < -0.3 is 20.1 Å². The van der Waals surface area contributed by atoms with Gasteiger partial charge in [0.15, 0.2) is 12.2 Å². The Hall–Kier alpha value is -2.44. The van der Waals surface area contributed by atoms with E-state index in [4.69, 9.17) is 32.7 Å². The third-order valence-electron chi connectivity index (χ3n) is 4.34. The first-order chi connectivity index (χ1) is 14.2.